The average molecular weight is 310 g/mol. The molecule has 0 bridgehead atoms. The van der Waals surface area contributed by atoms with Crippen molar-refractivity contribution in [3.63, 3.8) is 0 Å². The van der Waals surface area contributed by atoms with E-state index in [0.717, 1.165) is 23.9 Å². The van der Waals surface area contributed by atoms with E-state index in [1.807, 2.05) is 0 Å². The lowest BCUT2D eigenvalue weighted by atomic mass is 10.1. The lowest BCUT2D eigenvalue weighted by molar-refractivity contribution is 1.01. The van der Waals surface area contributed by atoms with Gasteiger partial charge in [-0.25, -0.2) is 0 Å². The molecule has 0 unspecified atom stereocenters. The van der Waals surface area contributed by atoms with Crippen LogP contribution in [-0.4, -0.2) is 6.54 Å². The second-order valence-electron chi connectivity index (χ2n) is 3.96. The molecule has 90 valence electrons. The summed E-state index contributed by atoms with van der Waals surface area (Å²) in [7, 11) is 0. The van der Waals surface area contributed by atoms with Gasteiger partial charge >= 0.3 is 0 Å². The quantitative estimate of drug-likeness (QED) is 0.842. The summed E-state index contributed by atoms with van der Waals surface area (Å²) in [6.07, 6.45) is 2.14. The molecule has 1 nitrogen and oxygen atoms in total. The minimum atomic E-state index is 0.991. The molecule has 17 heavy (non-hydrogen) atoms. The van der Waals surface area contributed by atoms with E-state index in [-0.39, 0.29) is 0 Å². The van der Waals surface area contributed by atoms with Gasteiger partial charge in [-0.05, 0) is 59.0 Å². The molecule has 0 aliphatic heterocycles. The maximum absolute atomic E-state index is 3.51. The molecule has 0 spiro atoms. The molecule has 2 rings (SSSR count). The second-order valence-corrected chi connectivity index (χ2v) is 5.66. The Bertz CT molecular complexity index is 465. The summed E-state index contributed by atoms with van der Waals surface area (Å²) >= 11 is 5.27. The largest absolute Gasteiger partial charge is 0.384 e. The molecule has 3 heteroatoms. The summed E-state index contributed by atoms with van der Waals surface area (Å²) < 4.78 is 1.15. The molecular weight excluding hydrogens is 294 g/mol. The SMILES string of the molecule is CCc1cc(Br)ccc1NCCc1ccsc1. The number of anilines is 1. The number of nitrogens with one attached hydrogen (secondary N) is 1. The first-order chi connectivity index (χ1) is 8.29. The minimum Gasteiger partial charge on any atom is -0.384 e. The minimum absolute atomic E-state index is 0.991. The number of aryl methyl sites for hydroxylation is 1. The Morgan fingerprint density at radius 1 is 1.29 bits per heavy atom. The fourth-order valence-corrected chi connectivity index (χ4v) is 2.92. The Hall–Kier alpha value is -0.800. The van der Waals surface area contributed by atoms with Gasteiger partial charge in [0.05, 0.1) is 0 Å². The summed E-state index contributed by atoms with van der Waals surface area (Å²) in [5.41, 5.74) is 4.04. The lowest BCUT2D eigenvalue weighted by Crippen LogP contribution is -2.06. The van der Waals surface area contributed by atoms with Crippen molar-refractivity contribution in [2.45, 2.75) is 19.8 Å². The lowest BCUT2D eigenvalue weighted by Gasteiger charge is -2.11. The number of hydrogen-bond donors (Lipinski definition) is 1. The maximum Gasteiger partial charge on any atom is 0.0373 e. The fraction of sp³-hybridized carbons (Fsp3) is 0.286. The second kappa shape index (κ2) is 6.22. The van der Waals surface area contributed by atoms with Crippen molar-refractivity contribution >= 4 is 33.0 Å². The molecule has 2 aromatic rings. The Morgan fingerprint density at radius 3 is 2.88 bits per heavy atom. The number of halogens is 1. The highest BCUT2D eigenvalue weighted by Crippen LogP contribution is 2.21. The highest BCUT2D eigenvalue weighted by atomic mass is 79.9. The molecule has 0 saturated heterocycles. The number of hydrogen-bond acceptors (Lipinski definition) is 2. The van der Waals surface area contributed by atoms with Gasteiger partial charge in [0.15, 0.2) is 0 Å². The summed E-state index contributed by atoms with van der Waals surface area (Å²) in [5.74, 6) is 0. The molecule has 0 radical (unpaired) electrons. The van der Waals surface area contributed by atoms with Crippen molar-refractivity contribution in [2.24, 2.45) is 0 Å². The monoisotopic (exact) mass is 309 g/mol. The summed E-state index contributed by atoms with van der Waals surface area (Å²) in [5, 5.41) is 7.86. The molecule has 1 aromatic carbocycles. The maximum atomic E-state index is 3.51. The van der Waals surface area contributed by atoms with Crippen LogP contribution in [0.4, 0.5) is 5.69 Å². The predicted molar refractivity (Wildman–Crippen MR) is 80.0 cm³/mol. The third-order valence-electron chi connectivity index (χ3n) is 2.76. The van der Waals surface area contributed by atoms with Gasteiger partial charge in [-0.2, -0.15) is 11.3 Å². The van der Waals surface area contributed by atoms with Crippen LogP contribution >= 0.6 is 27.3 Å². The standard InChI is InChI=1S/C14H16BrNS/c1-2-12-9-13(15)3-4-14(12)16-7-5-11-6-8-17-10-11/h3-4,6,8-10,16H,2,5,7H2,1H3. The molecule has 1 heterocycles. The predicted octanol–water partition coefficient (Wildman–Crippen LogP) is 4.73. The van der Waals surface area contributed by atoms with Crippen LogP contribution in [0.2, 0.25) is 0 Å². The first-order valence-corrected chi connectivity index (χ1v) is 7.56. The number of benzene rings is 1. The van der Waals surface area contributed by atoms with E-state index < -0.39 is 0 Å². The molecular formula is C14H16BrNS. The van der Waals surface area contributed by atoms with Gasteiger partial charge in [0.25, 0.3) is 0 Å². The van der Waals surface area contributed by atoms with Crippen LogP contribution in [0.15, 0.2) is 39.5 Å². The van der Waals surface area contributed by atoms with Gasteiger partial charge in [0.2, 0.25) is 0 Å². The molecule has 1 aromatic heterocycles. The van der Waals surface area contributed by atoms with Gasteiger partial charge in [-0.3, -0.25) is 0 Å². The summed E-state index contributed by atoms with van der Waals surface area (Å²) in [6, 6.07) is 8.62. The van der Waals surface area contributed by atoms with E-state index in [1.54, 1.807) is 11.3 Å². The average Bonchev–Trinajstić information content (AvgIpc) is 2.84. The van der Waals surface area contributed by atoms with Gasteiger partial charge in [0, 0.05) is 16.7 Å². The molecule has 0 fully saturated rings. The van der Waals surface area contributed by atoms with Crippen molar-refractivity contribution in [2.75, 3.05) is 11.9 Å². The zero-order valence-electron chi connectivity index (χ0n) is 9.87. The van der Waals surface area contributed by atoms with Gasteiger partial charge in [-0.1, -0.05) is 22.9 Å². The molecule has 0 aliphatic rings. The summed E-state index contributed by atoms with van der Waals surface area (Å²) in [4.78, 5) is 0. The van der Waals surface area contributed by atoms with Crippen molar-refractivity contribution in [3.8, 4) is 0 Å². The highest BCUT2D eigenvalue weighted by Gasteiger charge is 2.01. The normalized spacial score (nSPS) is 10.5. The third-order valence-corrected chi connectivity index (χ3v) is 3.98. The van der Waals surface area contributed by atoms with E-state index in [1.165, 1.54) is 16.8 Å². The Balaban J connectivity index is 1.94. The van der Waals surface area contributed by atoms with Crippen molar-refractivity contribution in [1.82, 2.24) is 0 Å². The topological polar surface area (TPSA) is 12.0 Å². The van der Waals surface area contributed by atoms with Crippen LogP contribution in [0, 0.1) is 0 Å². The molecule has 0 atom stereocenters. The molecule has 0 saturated carbocycles. The first kappa shape index (κ1) is 12.7. The van der Waals surface area contributed by atoms with Gasteiger partial charge < -0.3 is 5.32 Å². The Kier molecular flexibility index (Phi) is 4.63. The van der Waals surface area contributed by atoms with Crippen LogP contribution in [0.1, 0.15) is 18.1 Å². The number of thiophene rings is 1. The van der Waals surface area contributed by atoms with Gasteiger partial charge in [-0.15, -0.1) is 0 Å². The van der Waals surface area contributed by atoms with Crippen molar-refractivity contribution < 1.29 is 0 Å². The van der Waals surface area contributed by atoms with E-state index in [9.17, 15) is 0 Å². The first-order valence-electron chi connectivity index (χ1n) is 5.83. The molecule has 0 aliphatic carbocycles. The van der Waals surface area contributed by atoms with E-state index >= 15 is 0 Å². The van der Waals surface area contributed by atoms with E-state index in [4.69, 9.17) is 0 Å². The van der Waals surface area contributed by atoms with Crippen LogP contribution < -0.4 is 5.32 Å². The fourth-order valence-electron chi connectivity index (χ4n) is 1.80. The third kappa shape index (κ3) is 3.58. The molecule has 1 N–H and O–H groups in total. The van der Waals surface area contributed by atoms with Crippen LogP contribution in [-0.2, 0) is 12.8 Å². The Labute approximate surface area is 115 Å². The van der Waals surface area contributed by atoms with E-state index in [2.05, 4.69) is 63.2 Å². The van der Waals surface area contributed by atoms with Crippen LogP contribution in [0.5, 0.6) is 0 Å². The zero-order valence-corrected chi connectivity index (χ0v) is 12.3. The highest BCUT2D eigenvalue weighted by molar-refractivity contribution is 9.10. The van der Waals surface area contributed by atoms with Crippen molar-refractivity contribution in [1.29, 1.82) is 0 Å². The van der Waals surface area contributed by atoms with Crippen LogP contribution in [0.3, 0.4) is 0 Å². The smallest absolute Gasteiger partial charge is 0.0373 e. The number of rotatable bonds is 5. The zero-order chi connectivity index (χ0) is 12.1. The summed E-state index contributed by atoms with van der Waals surface area (Å²) in [6.45, 7) is 3.18. The Morgan fingerprint density at radius 2 is 2.18 bits per heavy atom. The van der Waals surface area contributed by atoms with Crippen LogP contribution in [0.25, 0.3) is 0 Å². The van der Waals surface area contributed by atoms with Crippen molar-refractivity contribution in [3.05, 3.63) is 50.6 Å². The van der Waals surface area contributed by atoms with E-state index in [0.29, 0.717) is 0 Å². The molecule has 0 amide bonds. The van der Waals surface area contributed by atoms with Gasteiger partial charge in [0.1, 0.15) is 0 Å².